The van der Waals surface area contributed by atoms with Crippen molar-refractivity contribution in [2.24, 2.45) is 0 Å². The lowest BCUT2D eigenvalue weighted by molar-refractivity contribution is -0.144. The minimum absolute atomic E-state index is 0.316. The minimum atomic E-state index is -1.04. The number of carbonyl (C=O) groups is 1. The Morgan fingerprint density at radius 2 is 1.79 bits per heavy atom. The Bertz CT molecular complexity index is 880. The van der Waals surface area contributed by atoms with Crippen LogP contribution in [0.3, 0.4) is 0 Å². The monoisotopic (exact) mass is 327 g/mol. The third-order valence-electron chi connectivity index (χ3n) is 3.33. The lowest BCUT2D eigenvalue weighted by atomic mass is 10.2. The molecule has 1 N–H and O–H groups in total. The predicted octanol–water partition coefficient (Wildman–Crippen LogP) is 4.02. The van der Waals surface area contributed by atoms with E-state index in [9.17, 15) is 9.18 Å². The molecule has 1 aromatic heterocycles. The zero-order valence-electron chi connectivity index (χ0n) is 12.8. The SMILES string of the molecule is CC(Oc1ccc(Oc2ccc3cc(F)ccc3n2)cc1)C(=O)O. The Morgan fingerprint density at radius 1 is 1.08 bits per heavy atom. The molecule has 0 spiro atoms. The summed E-state index contributed by atoms with van der Waals surface area (Å²) in [6, 6.07) is 14.3. The molecule has 0 saturated carbocycles. The van der Waals surface area contributed by atoms with Crippen molar-refractivity contribution in [3.05, 3.63) is 60.4 Å². The summed E-state index contributed by atoms with van der Waals surface area (Å²) in [6.45, 7) is 1.45. The molecular formula is C18H14FNO4. The number of carboxylic acids is 1. The first-order valence-corrected chi connectivity index (χ1v) is 7.25. The van der Waals surface area contributed by atoms with Gasteiger partial charge in [-0.3, -0.25) is 0 Å². The van der Waals surface area contributed by atoms with Gasteiger partial charge in [0.1, 0.15) is 17.3 Å². The Balaban J connectivity index is 1.74. The summed E-state index contributed by atoms with van der Waals surface area (Å²) >= 11 is 0. The number of aliphatic carboxylic acids is 1. The molecule has 0 bridgehead atoms. The number of fused-ring (bicyclic) bond motifs is 1. The summed E-state index contributed by atoms with van der Waals surface area (Å²) in [4.78, 5) is 15.1. The molecule has 122 valence electrons. The van der Waals surface area contributed by atoms with Gasteiger partial charge in [-0.25, -0.2) is 14.2 Å². The van der Waals surface area contributed by atoms with Gasteiger partial charge in [0, 0.05) is 11.5 Å². The highest BCUT2D eigenvalue weighted by Crippen LogP contribution is 2.25. The van der Waals surface area contributed by atoms with Crippen LogP contribution in [0, 0.1) is 5.82 Å². The summed E-state index contributed by atoms with van der Waals surface area (Å²) in [6.07, 6.45) is -0.931. The van der Waals surface area contributed by atoms with E-state index in [1.807, 2.05) is 0 Å². The van der Waals surface area contributed by atoms with Gasteiger partial charge in [0.05, 0.1) is 5.52 Å². The van der Waals surface area contributed by atoms with Crippen LogP contribution in [0.15, 0.2) is 54.6 Å². The fourth-order valence-corrected chi connectivity index (χ4v) is 2.10. The molecule has 5 nitrogen and oxygen atoms in total. The number of nitrogens with zero attached hydrogens (tertiary/aromatic N) is 1. The molecular weight excluding hydrogens is 313 g/mol. The van der Waals surface area contributed by atoms with Gasteiger partial charge in [-0.2, -0.15) is 0 Å². The minimum Gasteiger partial charge on any atom is -0.479 e. The van der Waals surface area contributed by atoms with Gasteiger partial charge in [-0.1, -0.05) is 0 Å². The van der Waals surface area contributed by atoms with Crippen LogP contribution in [0.4, 0.5) is 4.39 Å². The zero-order valence-corrected chi connectivity index (χ0v) is 12.8. The van der Waals surface area contributed by atoms with Crippen molar-refractivity contribution in [3.8, 4) is 17.4 Å². The highest BCUT2D eigenvalue weighted by Gasteiger charge is 2.12. The Kier molecular flexibility index (Phi) is 4.29. The van der Waals surface area contributed by atoms with Crippen LogP contribution in [0.1, 0.15) is 6.92 Å². The Hall–Kier alpha value is -3.15. The van der Waals surface area contributed by atoms with E-state index in [4.69, 9.17) is 14.6 Å². The van der Waals surface area contributed by atoms with Crippen molar-refractivity contribution in [2.45, 2.75) is 13.0 Å². The molecule has 0 fully saturated rings. The normalized spacial score (nSPS) is 11.9. The van der Waals surface area contributed by atoms with E-state index in [-0.39, 0.29) is 5.82 Å². The lowest BCUT2D eigenvalue weighted by Crippen LogP contribution is -2.22. The molecule has 3 aromatic rings. The van der Waals surface area contributed by atoms with E-state index in [1.54, 1.807) is 42.5 Å². The number of rotatable bonds is 5. The molecule has 0 radical (unpaired) electrons. The summed E-state index contributed by atoms with van der Waals surface area (Å²) in [5.74, 6) is -0.0172. The molecule has 6 heteroatoms. The highest BCUT2D eigenvalue weighted by molar-refractivity contribution is 5.79. The number of hydrogen-bond acceptors (Lipinski definition) is 4. The highest BCUT2D eigenvalue weighted by atomic mass is 19.1. The van der Waals surface area contributed by atoms with Crippen molar-refractivity contribution >= 4 is 16.9 Å². The van der Waals surface area contributed by atoms with Crippen molar-refractivity contribution in [1.82, 2.24) is 4.98 Å². The van der Waals surface area contributed by atoms with Gasteiger partial charge < -0.3 is 14.6 Å². The topological polar surface area (TPSA) is 68.7 Å². The molecule has 1 heterocycles. The summed E-state index contributed by atoms with van der Waals surface area (Å²) in [5, 5.41) is 9.50. The first-order valence-electron chi connectivity index (χ1n) is 7.25. The number of halogens is 1. The molecule has 0 saturated heterocycles. The molecule has 3 rings (SSSR count). The molecule has 1 unspecified atom stereocenters. The van der Waals surface area contributed by atoms with E-state index in [0.29, 0.717) is 28.3 Å². The van der Waals surface area contributed by atoms with Crippen molar-refractivity contribution in [2.75, 3.05) is 0 Å². The van der Waals surface area contributed by atoms with E-state index in [1.165, 1.54) is 19.1 Å². The molecule has 0 aliphatic carbocycles. The van der Waals surface area contributed by atoms with E-state index in [0.717, 1.165) is 0 Å². The summed E-state index contributed by atoms with van der Waals surface area (Å²) in [5.41, 5.74) is 0.629. The number of benzene rings is 2. The van der Waals surface area contributed by atoms with Crippen LogP contribution in [-0.2, 0) is 4.79 Å². The average molecular weight is 327 g/mol. The zero-order chi connectivity index (χ0) is 17.1. The van der Waals surface area contributed by atoms with Gasteiger partial charge in [0.2, 0.25) is 5.88 Å². The van der Waals surface area contributed by atoms with Gasteiger partial charge in [-0.05, 0) is 55.5 Å². The number of carboxylic acid groups (broad SMARTS) is 1. The van der Waals surface area contributed by atoms with Gasteiger partial charge in [-0.15, -0.1) is 0 Å². The molecule has 24 heavy (non-hydrogen) atoms. The third kappa shape index (κ3) is 3.60. The summed E-state index contributed by atoms with van der Waals surface area (Å²) in [7, 11) is 0. The maximum atomic E-state index is 13.2. The first kappa shape index (κ1) is 15.7. The maximum Gasteiger partial charge on any atom is 0.344 e. The smallest absolute Gasteiger partial charge is 0.344 e. The second kappa shape index (κ2) is 6.54. The standard InChI is InChI=1S/C18H14FNO4/c1-11(18(21)22)23-14-4-6-15(7-5-14)24-17-9-2-12-10-13(19)3-8-16(12)20-17/h2-11H,1H3,(H,21,22). The molecule has 1 atom stereocenters. The second-order valence-corrected chi connectivity index (χ2v) is 5.16. The van der Waals surface area contributed by atoms with Crippen molar-refractivity contribution in [3.63, 3.8) is 0 Å². The number of hydrogen-bond donors (Lipinski definition) is 1. The molecule has 0 aliphatic rings. The number of pyridine rings is 1. The van der Waals surface area contributed by atoms with Crippen LogP contribution in [0.5, 0.6) is 17.4 Å². The number of aromatic nitrogens is 1. The van der Waals surface area contributed by atoms with E-state index in [2.05, 4.69) is 4.98 Å². The molecule has 2 aromatic carbocycles. The van der Waals surface area contributed by atoms with Crippen molar-refractivity contribution < 1.29 is 23.8 Å². The van der Waals surface area contributed by atoms with Crippen LogP contribution >= 0.6 is 0 Å². The predicted molar refractivity (Wildman–Crippen MR) is 85.9 cm³/mol. The van der Waals surface area contributed by atoms with Crippen LogP contribution < -0.4 is 9.47 Å². The van der Waals surface area contributed by atoms with Gasteiger partial charge in [0.25, 0.3) is 0 Å². The largest absolute Gasteiger partial charge is 0.479 e. The summed E-state index contributed by atoms with van der Waals surface area (Å²) < 4.78 is 24.0. The first-order chi connectivity index (χ1) is 11.5. The Labute approximate surface area is 137 Å². The van der Waals surface area contributed by atoms with Crippen LogP contribution in [0.2, 0.25) is 0 Å². The van der Waals surface area contributed by atoms with Crippen LogP contribution in [0.25, 0.3) is 10.9 Å². The van der Waals surface area contributed by atoms with Gasteiger partial charge in [0.15, 0.2) is 6.10 Å². The molecule has 0 amide bonds. The fourth-order valence-electron chi connectivity index (χ4n) is 2.10. The van der Waals surface area contributed by atoms with Gasteiger partial charge >= 0.3 is 5.97 Å². The average Bonchev–Trinajstić information content (AvgIpc) is 2.56. The van der Waals surface area contributed by atoms with Crippen LogP contribution in [-0.4, -0.2) is 22.2 Å². The lowest BCUT2D eigenvalue weighted by Gasteiger charge is -2.11. The van der Waals surface area contributed by atoms with Crippen molar-refractivity contribution in [1.29, 1.82) is 0 Å². The fraction of sp³-hybridized carbons (Fsp3) is 0.111. The third-order valence-corrected chi connectivity index (χ3v) is 3.33. The Morgan fingerprint density at radius 3 is 2.50 bits per heavy atom. The maximum absolute atomic E-state index is 13.2. The quantitative estimate of drug-likeness (QED) is 0.766. The molecule has 0 aliphatic heterocycles. The second-order valence-electron chi connectivity index (χ2n) is 5.16. The van der Waals surface area contributed by atoms with E-state index < -0.39 is 12.1 Å². The van der Waals surface area contributed by atoms with E-state index >= 15 is 0 Å². The number of ether oxygens (including phenoxy) is 2.